The van der Waals surface area contributed by atoms with Crippen LogP contribution in [0.2, 0.25) is 0 Å². The fourth-order valence-corrected chi connectivity index (χ4v) is 2.44. The molecule has 0 radical (unpaired) electrons. The summed E-state index contributed by atoms with van der Waals surface area (Å²) in [6, 6.07) is 9.60. The largest absolute Gasteiger partial charge is 0.492 e. The van der Waals surface area contributed by atoms with Crippen LogP contribution in [0.15, 0.2) is 30.3 Å². The maximum atomic E-state index is 12.2. The van der Waals surface area contributed by atoms with E-state index in [4.69, 9.17) is 4.74 Å². The molecule has 1 fully saturated rings. The lowest BCUT2D eigenvalue weighted by atomic mass is 10.1. The third kappa shape index (κ3) is 4.53. The summed E-state index contributed by atoms with van der Waals surface area (Å²) in [6.07, 6.45) is 3.52. The zero-order chi connectivity index (χ0) is 14.2. The summed E-state index contributed by atoms with van der Waals surface area (Å²) in [5.41, 5.74) is 0. The fourth-order valence-electron chi connectivity index (χ4n) is 2.44. The maximum absolute atomic E-state index is 12.2. The summed E-state index contributed by atoms with van der Waals surface area (Å²) >= 11 is 0. The zero-order valence-electron chi connectivity index (χ0n) is 12.2. The van der Waals surface area contributed by atoms with Crippen LogP contribution in [0.5, 0.6) is 5.75 Å². The highest BCUT2D eigenvalue weighted by molar-refractivity contribution is 5.81. The van der Waals surface area contributed by atoms with Gasteiger partial charge in [-0.15, -0.1) is 0 Å². The number of nitrogens with zero attached hydrogens (tertiary/aromatic N) is 1. The monoisotopic (exact) mass is 276 g/mol. The lowest BCUT2D eigenvalue weighted by Crippen LogP contribution is -2.47. The second kappa shape index (κ2) is 7.90. The molecule has 1 amide bonds. The maximum Gasteiger partial charge on any atom is 0.239 e. The first-order chi connectivity index (χ1) is 9.77. The normalized spacial score (nSPS) is 16.8. The van der Waals surface area contributed by atoms with Gasteiger partial charge in [0, 0.05) is 19.6 Å². The Kier molecular flexibility index (Phi) is 5.87. The summed E-state index contributed by atoms with van der Waals surface area (Å²) in [4.78, 5) is 14.2. The van der Waals surface area contributed by atoms with Crippen molar-refractivity contribution in [3.8, 4) is 5.75 Å². The van der Waals surface area contributed by atoms with Crippen LogP contribution in [-0.2, 0) is 4.79 Å². The first-order valence-corrected chi connectivity index (χ1v) is 7.47. The van der Waals surface area contributed by atoms with E-state index >= 15 is 0 Å². The van der Waals surface area contributed by atoms with Crippen LogP contribution >= 0.6 is 0 Å². The van der Waals surface area contributed by atoms with E-state index in [0.29, 0.717) is 13.2 Å². The fraction of sp³-hybridized carbons (Fsp3) is 0.562. The Morgan fingerprint density at radius 1 is 1.25 bits per heavy atom. The topological polar surface area (TPSA) is 41.6 Å². The van der Waals surface area contributed by atoms with Gasteiger partial charge < -0.3 is 15.0 Å². The van der Waals surface area contributed by atoms with Crippen molar-refractivity contribution < 1.29 is 9.53 Å². The van der Waals surface area contributed by atoms with Gasteiger partial charge in [0.2, 0.25) is 5.91 Å². The van der Waals surface area contributed by atoms with Gasteiger partial charge in [0.15, 0.2) is 0 Å². The van der Waals surface area contributed by atoms with E-state index < -0.39 is 0 Å². The van der Waals surface area contributed by atoms with Gasteiger partial charge in [0.25, 0.3) is 0 Å². The van der Waals surface area contributed by atoms with E-state index in [2.05, 4.69) is 5.32 Å². The Hall–Kier alpha value is -1.55. The highest BCUT2D eigenvalue weighted by atomic mass is 16.5. The highest BCUT2D eigenvalue weighted by Crippen LogP contribution is 2.10. The molecular formula is C16H24N2O2. The van der Waals surface area contributed by atoms with E-state index in [1.165, 1.54) is 6.42 Å². The van der Waals surface area contributed by atoms with Crippen LogP contribution in [0.3, 0.4) is 0 Å². The molecule has 4 heteroatoms. The minimum atomic E-state index is -0.132. The molecule has 0 spiro atoms. The van der Waals surface area contributed by atoms with E-state index in [1.54, 1.807) is 0 Å². The standard InChI is InChI=1S/C16H24N2O2/c1-14(16(19)18-11-6-3-7-12-18)17-10-13-20-15-8-4-2-5-9-15/h2,4-5,8-9,14,17H,3,6-7,10-13H2,1H3. The number of hydrogen-bond acceptors (Lipinski definition) is 3. The predicted octanol–water partition coefficient (Wildman–Crippen LogP) is 2.06. The molecule has 1 unspecified atom stereocenters. The molecule has 0 saturated carbocycles. The summed E-state index contributed by atoms with van der Waals surface area (Å²) < 4.78 is 5.59. The molecule has 1 aliphatic heterocycles. The number of rotatable bonds is 6. The number of amides is 1. The zero-order valence-corrected chi connectivity index (χ0v) is 12.2. The van der Waals surface area contributed by atoms with Crippen molar-refractivity contribution >= 4 is 5.91 Å². The van der Waals surface area contributed by atoms with Crippen LogP contribution in [0.25, 0.3) is 0 Å². The third-order valence-electron chi connectivity index (χ3n) is 3.60. The highest BCUT2D eigenvalue weighted by Gasteiger charge is 2.21. The van der Waals surface area contributed by atoms with Crippen molar-refractivity contribution in [2.24, 2.45) is 0 Å². The van der Waals surface area contributed by atoms with E-state index in [1.807, 2.05) is 42.2 Å². The summed E-state index contributed by atoms with van der Waals surface area (Å²) in [7, 11) is 0. The molecule has 110 valence electrons. The molecule has 0 aromatic heterocycles. The number of piperidine rings is 1. The predicted molar refractivity (Wildman–Crippen MR) is 79.8 cm³/mol. The van der Waals surface area contributed by atoms with Gasteiger partial charge in [-0.2, -0.15) is 0 Å². The number of carbonyl (C=O) groups excluding carboxylic acids is 1. The van der Waals surface area contributed by atoms with Gasteiger partial charge in [-0.05, 0) is 38.3 Å². The Labute approximate surface area is 121 Å². The third-order valence-corrected chi connectivity index (χ3v) is 3.60. The van der Waals surface area contributed by atoms with Gasteiger partial charge >= 0.3 is 0 Å². The van der Waals surface area contributed by atoms with Gasteiger partial charge in [0.1, 0.15) is 12.4 Å². The first kappa shape index (κ1) is 14.9. The van der Waals surface area contributed by atoms with Crippen molar-refractivity contribution in [1.82, 2.24) is 10.2 Å². The number of benzene rings is 1. The van der Waals surface area contributed by atoms with E-state index in [-0.39, 0.29) is 11.9 Å². The summed E-state index contributed by atoms with van der Waals surface area (Å²) in [5, 5.41) is 3.23. The van der Waals surface area contributed by atoms with Gasteiger partial charge in [-0.25, -0.2) is 0 Å². The van der Waals surface area contributed by atoms with Crippen molar-refractivity contribution in [2.75, 3.05) is 26.2 Å². The van der Waals surface area contributed by atoms with Crippen molar-refractivity contribution in [2.45, 2.75) is 32.2 Å². The summed E-state index contributed by atoms with van der Waals surface area (Å²) in [5.74, 6) is 1.08. The molecule has 1 aromatic carbocycles. The second-order valence-electron chi connectivity index (χ2n) is 5.22. The van der Waals surface area contributed by atoms with Crippen molar-refractivity contribution in [3.05, 3.63) is 30.3 Å². The molecule has 20 heavy (non-hydrogen) atoms. The molecule has 1 atom stereocenters. The lowest BCUT2D eigenvalue weighted by Gasteiger charge is -2.29. The smallest absolute Gasteiger partial charge is 0.239 e. The van der Waals surface area contributed by atoms with Gasteiger partial charge in [-0.3, -0.25) is 4.79 Å². The van der Waals surface area contributed by atoms with Crippen LogP contribution in [-0.4, -0.2) is 43.1 Å². The Morgan fingerprint density at radius 2 is 1.95 bits per heavy atom. The minimum absolute atomic E-state index is 0.132. The van der Waals surface area contributed by atoms with Crippen LogP contribution in [0.4, 0.5) is 0 Å². The SMILES string of the molecule is CC(NCCOc1ccccc1)C(=O)N1CCCCC1. The average molecular weight is 276 g/mol. The molecule has 0 aliphatic carbocycles. The van der Waals surface area contributed by atoms with Gasteiger partial charge in [-0.1, -0.05) is 18.2 Å². The molecule has 0 bridgehead atoms. The number of ether oxygens (including phenoxy) is 1. The van der Waals surface area contributed by atoms with E-state index in [0.717, 1.165) is 31.7 Å². The average Bonchev–Trinajstić information content (AvgIpc) is 2.52. The Morgan fingerprint density at radius 3 is 2.65 bits per heavy atom. The Balaban J connectivity index is 1.64. The number of hydrogen-bond donors (Lipinski definition) is 1. The number of para-hydroxylation sites is 1. The number of nitrogens with one attached hydrogen (secondary N) is 1. The Bertz CT molecular complexity index is 402. The van der Waals surface area contributed by atoms with Crippen molar-refractivity contribution in [1.29, 1.82) is 0 Å². The molecule has 1 aromatic rings. The van der Waals surface area contributed by atoms with Crippen LogP contribution in [0, 0.1) is 0 Å². The first-order valence-electron chi connectivity index (χ1n) is 7.47. The molecular weight excluding hydrogens is 252 g/mol. The summed E-state index contributed by atoms with van der Waals surface area (Å²) in [6.45, 7) is 4.99. The second-order valence-corrected chi connectivity index (χ2v) is 5.22. The molecule has 1 N–H and O–H groups in total. The molecule has 1 aliphatic rings. The molecule has 4 nitrogen and oxygen atoms in total. The van der Waals surface area contributed by atoms with Crippen LogP contribution in [0.1, 0.15) is 26.2 Å². The molecule has 1 saturated heterocycles. The lowest BCUT2D eigenvalue weighted by molar-refractivity contribution is -0.133. The van der Waals surface area contributed by atoms with E-state index in [9.17, 15) is 4.79 Å². The number of carbonyl (C=O) groups is 1. The minimum Gasteiger partial charge on any atom is -0.492 e. The quantitative estimate of drug-likeness (QED) is 0.809. The van der Waals surface area contributed by atoms with Crippen LogP contribution < -0.4 is 10.1 Å². The van der Waals surface area contributed by atoms with Gasteiger partial charge in [0.05, 0.1) is 6.04 Å². The molecule has 2 rings (SSSR count). The number of likely N-dealkylation sites (tertiary alicyclic amines) is 1. The van der Waals surface area contributed by atoms with Crippen molar-refractivity contribution in [3.63, 3.8) is 0 Å². The molecule has 1 heterocycles.